The van der Waals surface area contributed by atoms with Crippen LogP contribution < -0.4 is 10.2 Å². The van der Waals surface area contributed by atoms with Crippen molar-refractivity contribution in [3.63, 3.8) is 0 Å². The Hall–Kier alpha value is -3.52. The number of methoxy groups -OCH3 is 1. The molecule has 4 atom stereocenters. The van der Waals surface area contributed by atoms with Gasteiger partial charge in [-0.15, -0.1) is 0 Å². The summed E-state index contributed by atoms with van der Waals surface area (Å²) in [4.78, 5) is 56.8. The predicted molar refractivity (Wildman–Crippen MR) is 119 cm³/mol. The number of aryl methyl sites for hydroxylation is 1. The molecule has 5 rings (SSSR count). The number of hydrogen-bond donors (Lipinski definition) is 1. The maximum Gasteiger partial charge on any atom is 0.307 e. The number of ether oxygens (including phenoxy) is 1. The van der Waals surface area contributed by atoms with Crippen LogP contribution in [0, 0.1) is 18.8 Å². The number of nitrogens with zero attached hydrogens (tertiary/aromatic N) is 2. The fourth-order valence-electron chi connectivity index (χ4n) is 5.75. The highest BCUT2D eigenvalue weighted by atomic mass is 16.5. The Bertz CT molecular complexity index is 1130. The molecule has 8 heteroatoms. The zero-order valence-corrected chi connectivity index (χ0v) is 18.5. The van der Waals surface area contributed by atoms with Gasteiger partial charge < -0.3 is 10.1 Å². The van der Waals surface area contributed by atoms with Crippen LogP contribution in [0.25, 0.3) is 0 Å². The first-order chi connectivity index (χ1) is 15.9. The number of nitrogens with one attached hydrogen (secondary N) is 1. The normalized spacial score (nSPS) is 29.0. The monoisotopic (exact) mass is 447 g/mol. The van der Waals surface area contributed by atoms with Crippen LogP contribution in [0.1, 0.15) is 23.6 Å². The lowest BCUT2D eigenvalue weighted by atomic mass is 9.76. The van der Waals surface area contributed by atoms with Crippen LogP contribution in [0.2, 0.25) is 0 Å². The maximum atomic E-state index is 13.9. The van der Waals surface area contributed by atoms with Crippen molar-refractivity contribution in [2.45, 2.75) is 24.9 Å². The lowest BCUT2D eigenvalue weighted by molar-refractivity contribution is -0.154. The Morgan fingerprint density at radius 3 is 2.42 bits per heavy atom. The van der Waals surface area contributed by atoms with Gasteiger partial charge in [-0.1, -0.05) is 48.0 Å². The lowest BCUT2D eigenvalue weighted by Gasteiger charge is -2.45. The summed E-state index contributed by atoms with van der Waals surface area (Å²) < 4.78 is 4.93. The minimum atomic E-state index is -1.50. The number of carbonyl (C=O) groups excluding carboxylic acids is 4. The van der Waals surface area contributed by atoms with Crippen LogP contribution in [0.5, 0.6) is 0 Å². The summed E-state index contributed by atoms with van der Waals surface area (Å²) >= 11 is 0. The number of amides is 3. The minimum absolute atomic E-state index is 0.305. The fraction of sp³-hybridized carbons (Fsp3) is 0.360. The van der Waals surface area contributed by atoms with Crippen LogP contribution in [0.3, 0.4) is 0 Å². The van der Waals surface area contributed by atoms with E-state index in [9.17, 15) is 19.2 Å². The molecule has 8 nitrogen and oxygen atoms in total. The van der Waals surface area contributed by atoms with Crippen molar-refractivity contribution in [3.05, 3.63) is 65.7 Å². The summed E-state index contributed by atoms with van der Waals surface area (Å²) in [6.45, 7) is 2.76. The van der Waals surface area contributed by atoms with E-state index >= 15 is 0 Å². The van der Waals surface area contributed by atoms with Crippen molar-refractivity contribution < 1.29 is 23.9 Å². The summed E-state index contributed by atoms with van der Waals surface area (Å²) in [5, 5.41) is 2.84. The predicted octanol–water partition coefficient (Wildman–Crippen LogP) is 1.59. The van der Waals surface area contributed by atoms with Gasteiger partial charge in [0.2, 0.25) is 17.7 Å². The van der Waals surface area contributed by atoms with Crippen molar-refractivity contribution in [2.75, 3.05) is 25.1 Å². The first-order valence-electron chi connectivity index (χ1n) is 11.0. The van der Waals surface area contributed by atoms with Crippen molar-refractivity contribution in [3.8, 4) is 0 Å². The van der Waals surface area contributed by atoms with Crippen molar-refractivity contribution in [1.82, 2.24) is 10.2 Å². The standard InChI is InChI=1S/C25H25N3O5/c1-15-8-10-16(11-9-15)21-19-20(23(31)28(22(19)30)17-6-4-3-5-7-17)25(14-18(29)33-2)24(32)26-12-13-27(21)25/h3-11,19-21H,12-14H2,1-2H3,(H,26,32)/t19-,20-,21+,25+/m1/s1. The molecule has 170 valence electrons. The van der Waals surface area contributed by atoms with Crippen molar-refractivity contribution in [2.24, 2.45) is 11.8 Å². The number of piperazine rings is 1. The van der Waals surface area contributed by atoms with E-state index in [1.807, 2.05) is 36.1 Å². The number of benzene rings is 2. The first kappa shape index (κ1) is 21.3. The highest BCUT2D eigenvalue weighted by molar-refractivity contribution is 6.24. The fourth-order valence-corrected chi connectivity index (χ4v) is 5.75. The van der Waals surface area contributed by atoms with E-state index in [0.717, 1.165) is 11.1 Å². The number of imide groups is 1. The van der Waals surface area contributed by atoms with Gasteiger partial charge in [-0.25, -0.2) is 4.90 Å². The number of anilines is 1. The zero-order valence-electron chi connectivity index (χ0n) is 18.5. The minimum Gasteiger partial charge on any atom is -0.469 e. The van der Waals surface area contributed by atoms with Crippen LogP contribution in [-0.4, -0.2) is 54.3 Å². The van der Waals surface area contributed by atoms with Crippen LogP contribution in [0.4, 0.5) is 5.69 Å². The lowest BCUT2D eigenvalue weighted by Crippen LogP contribution is -2.67. The molecule has 0 unspecified atom stereocenters. The van der Waals surface area contributed by atoms with E-state index in [4.69, 9.17) is 4.74 Å². The third-order valence-electron chi connectivity index (χ3n) is 7.16. The average Bonchev–Trinajstić information content (AvgIpc) is 3.26. The number of esters is 1. The molecule has 0 radical (unpaired) electrons. The number of rotatable bonds is 4. The highest BCUT2D eigenvalue weighted by Gasteiger charge is 2.73. The third-order valence-corrected chi connectivity index (χ3v) is 7.16. The van der Waals surface area contributed by atoms with Crippen molar-refractivity contribution >= 4 is 29.4 Å². The van der Waals surface area contributed by atoms with Gasteiger partial charge >= 0.3 is 5.97 Å². The quantitative estimate of drug-likeness (QED) is 0.565. The van der Waals surface area contributed by atoms with Crippen LogP contribution >= 0.6 is 0 Å². The second-order valence-corrected chi connectivity index (χ2v) is 8.83. The Morgan fingerprint density at radius 1 is 1.06 bits per heavy atom. The SMILES string of the molecule is COC(=O)C[C@]12C(=O)NCCN1[C@@H](c1ccc(C)cc1)[C@@H]1C(=O)N(c3ccccc3)C(=O)[C@@H]12. The molecular formula is C25H25N3O5. The van der Waals surface area contributed by atoms with Gasteiger partial charge in [0.1, 0.15) is 5.54 Å². The summed E-state index contributed by atoms with van der Waals surface area (Å²) in [6, 6.07) is 16.0. The summed E-state index contributed by atoms with van der Waals surface area (Å²) in [5.74, 6) is -3.63. The van der Waals surface area contributed by atoms with E-state index in [2.05, 4.69) is 5.32 Å². The smallest absolute Gasteiger partial charge is 0.307 e. The molecule has 0 spiro atoms. The summed E-state index contributed by atoms with van der Waals surface area (Å²) in [6.07, 6.45) is -0.305. The highest BCUT2D eigenvalue weighted by Crippen LogP contribution is 2.57. The molecule has 3 amide bonds. The van der Waals surface area contributed by atoms with Crippen LogP contribution in [-0.2, 0) is 23.9 Å². The molecule has 3 aliphatic heterocycles. The molecule has 1 N–H and O–H groups in total. The molecule has 0 aliphatic carbocycles. The molecule has 33 heavy (non-hydrogen) atoms. The molecule has 0 aromatic heterocycles. The summed E-state index contributed by atoms with van der Waals surface area (Å²) in [7, 11) is 1.26. The number of fused-ring (bicyclic) bond motifs is 3. The van der Waals surface area contributed by atoms with Gasteiger partial charge in [0.05, 0.1) is 31.1 Å². The maximum absolute atomic E-state index is 13.9. The van der Waals surface area contributed by atoms with Gasteiger partial charge in [0.15, 0.2) is 0 Å². The first-order valence-corrected chi connectivity index (χ1v) is 11.0. The number of hydrogen-bond acceptors (Lipinski definition) is 6. The largest absolute Gasteiger partial charge is 0.469 e. The van der Waals surface area contributed by atoms with Gasteiger partial charge in [0.25, 0.3) is 0 Å². The average molecular weight is 447 g/mol. The van der Waals surface area contributed by atoms with E-state index in [1.165, 1.54) is 12.0 Å². The Labute approximate surface area is 191 Å². The Kier molecular flexibility index (Phi) is 5.05. The second-order valence-electron chi connectivity index (χ2n) is 8.83. The van der Waals surface area contributed by atoms with Gasteiger partial charge in [-0.2, -0.15) is 0 Å². The van der Waals surface area contributed by atoms with E-state index in [-0.39, 0.29) is 12.3 Å². The molecule has 2 aromatic carbocycles. The van der Waals surface area contributed by atoms with Crippen molar-refractivity contribution in [1.29, 1.82) is 0 Å². The van der Waals surface area contributed by atoms with E-state index < -0.39 is 41.2 Å². The van der Waals surface area contributed by atoms with E-state index in [0.29, 0.717) is 18.8 Å². The van der Waals surface area contributed by atoms with Gasteiger partial charge in [-0.3, -0.25) is 24.1 Å². The summed E-state index contributed by atoms with van der Waals surface area (Å²) in [5.41, 5.74) is 0.862. The molecular weight excluding hydrogens is 422 g/mol. The Morgan fingerprint density at radius 2 is 1.76 bits per heavy atom. The second kappa shape index (κ2) is 7.81. The number of para-hydroxylation sites is 1. The van der Waals surface area contributed by atoms with Gasteiger partial charge in [0, 0.05) is 19.1 Å². The molecule has 3 heterocycles. The molecule has 3 saturated heterocycles. The van der Waals surface area contributed by atoms with E-state index in [1.54, 1.807) is 30.3 Å². The van der Waals surface area contributed by atoms with Gasteiger partial charge in [-0.05, 0) is 24.6 Å². The third kappa shape index (κ3) is 3.01. The molecule has 0 saturated carbocycles. The topological polar surface area (TPSA) is 96.0 Å². The Balaban J connectivity index is 1.71. The molecule has 3 aliphatic rings. The molecule has 0 bridgehead atoms. The zero-order chi connectivity index (χ0) is 23.3. The van der Waals surface area contributed by atoms with Crippen LogP contribution in [0.15, 0.2) is 54.6 Å². The molecule has 3 fully saturated rings. The number of carbonyl (C=O) groups is 4. The molecule has 2 aromatic rings.